The van der Waals surface area contributed by atoms with Crippen molar-refractivity contribution in [1.29, 1.82) is 5.26 Å². The van der Waals surface area contributed by atoms with Crippen LogP contribution in [0.5, 0.6) is 0 Å². The maximum atomic E-state index is 8.60. The number of nitrogens with one attached hydrogen (secondary N) is 1. The Bertz CT molecular complexity index is 291. The molecule has 1 radical (unpaired) electrons. The molecule has 0 amide bonds. The standard InChI is InChI=1S/C10H11N2.Co/c1-2-6-12-10-5-3-4-9(7-10)8-11;/h3-5,7,12H,1-2,6H2;/q-1;. The first kappa shape index (κ1) is 12.0. The fourth-order valence-corrected chi connectivity index (χ4v) is 0.931. The number of hydrogen-bond acceptors (Lipinski definition) is 2. The van der Waals surface area contributed by atoms with E-state index in [0.717, 1.165) is 18.7 Å². The SMILES string of the molecule is [CH2-]CCNc1cccc(C#N)c1.[Co]. The normalized spacial score (nSPS) is 8.31. The van der Waals surface area contributed by atoms with Crippen LogP contribution >= 0.6 is 0 Å². The van der Waals surface area contributed by atoms with Gasteiger partial charge >= 0.3 is 0 Å². The van der Waals surface area contributed by atoms with E-state index in [1.54, 1.807) is 6.07 Å². The molecule has 0 aromatic heterocycles. The Kier molecular flexibility index (Phi) is 6.03. The van der Waals surface area contributed by atoms with Crippen LogP contribution in [0.3, 0.4) is 0 Å². The molecule has 0 aliphatic carbocycles. The van der Waals surface area contributed by atoms with Gasteiger partial charge in [0.2, 0.25) is 0 Å². The molecule has 0 atom stereocenters. The topological polar surface area (TPSA) is 35.8 Å². The van der Waals surface area contributed by atoms with E-state index in [2.05, 4.69) is 18.3 Å². The van der Waals surface area contributed by atoms with Gasteiger partial charge in [0.05, 0.1) is 11.6 Å². The molecule has 0 spiro atoms. The van der Waals surface area contributed by atoms with Crippen molar-refractivity contribution >= 4 is 5.69 Å². The van der Waals surface area contributed by atoms with Gasteiger partial charge in [-0.05, 0) is 24.7 Å². The minimum Gasteiger partial charge on any atom is -0.388 e. The fourth-order valence-electron chi connectivity index (χ4n) is 0.931. The van der Waals surface area contributed by atoms with Crippen LogP contribution in [0.15, 0.2) is 24.3 Å². The molecular formula is C10H11CoN2-. The Hall–Kier alpha value is -0.984. The zero-order valence-corrected chi connectivity index (χ0v) is 8.25. The third-order valence-corrected chi connectivity index (χ3v) is 1.50. The summed E-state index contributed by atoms with van der Waals surface area (Å²) in [6.45, 7) is 4.56. The van der Waals surface area contributed by atoms with Gasteiger partial charge in [-0.1, -0.05) is 6.07 Å². The Labute approximate surface area is 89.2 Å². The monoisotopic (exact) mass is 218 g/mol. The summed E-state index contributed by atoms with van der Waals surface area (Å²) in [7, 11) is 0. The molecule has 0 saturated carbocycles. The van der Waals surface area contributed by atoms with Crippen LogP contribution in [0.2, 0.25) is 0 Å². The number of nitriles is 1. The molecule has 13 heavy (non-hydrogen) atoms. The molecule has 0 unspecified atom stereocenters. The van der Waals surface area contributed by atoms with Crippen LogP contribution in [-0.2, 0) is 16.8 Å². The zero-order chi connectivity index (χ0) is 8.81. The van der Waals surface area contributed by atoms with Crippen molar-refractivity contribution in [2.24, 2.45) is 0 Å². The largest absolute Gasteiger partial charge is 0.388 e. The second-order valence-corrected chi connectivity index (χ2v) is 2.47. The zero-order valence-electron chi connectivity index (χ0n) is 7.21. The molecule has 2 nitrogen and oxygen atoms in total. The van der Waals surface area contributed by atoms with E-state index in [4.69, 9.17) is 5.26 Å². The van der Waals surface area contributed by atoms with Gasteiger partial charge in [0.1, 0.15) is 0 Å². The predicted molar refractivity (Wildman–Crippen MR) is 49.6 cm³/mol. The van der Waals surface area contributed by atoms with Gasteiger partial charge in [-0.2, -0.15) is 11.7 Å². The van der Waals surface area contributed by atoms with Crippen LogP contribution in [0.1, 0.15) is 12.0 Å². The van der Waals surface area contributed by atoms with Gasteiger partial charge in [0.15, 0.2) is 0 Å². The number of benzene rings is 1. The van der Waals surface area contributed by atoms with Crippen molar-refractivity contribution in [3.8, 4) is 6.07 Å². The van der Waals surface area contributed by atoms with Crippen LogP contribution in [0.4, 0.5) is 5.69 Å². The predicted octanol–water partition coefficient (Wildman–Crippen LogP) is 2.19. The first-order valence-electron chi connectivity index (χ1n) is 3.90. The molecule has 1 aromatic carbocycles. The fraction of sp³-hybridized carbons (Fsp3) is 0.200. The van der Waals surface area contributed by atoms with E-state index in [1.165, 1.54) is 0 Å². The number of rotatable bonds is 3. The average molecular weight is 218 g/mol. The van der Waals surface area contributed by atoms with E-state index >= 15 is 0 Å². The Morgan fingerprint density at radius 3 is 2.85 bits per heavy atom. The van der Waals surface area contributed by atoms with E-state index in [0.29, 0.717) is 5.56 Å². The van der Waals surface area contributed by atoms with E-state index in [9.17, 15) is 0 Å². The van der Waals surface area contributed by atoms with Gasteiger partial charge < -0.3 is 12.2 Å². The second kappa shape index (κ2) is 6.52. The minimum absolute atomic E-state index is 0. The van der Waals surface area contributed by atoms with Crippen LogP contribution in [-0.4, -0.2) is 6.54 Å². The molecular weight excluding hydrogens is 207 g/mol. The summed E-state index contributed by atoms with van der Waals surface area (Å²) in [6, 6.07) is 9.51. The summed E-state index contributed by atoms with van der Waals surface area (Å²) in [5.41, 5.74) is 1.67. The van der Waals surface area contributed by atoms with Crippen molar-refractivity contribution < 1.29 is 16.8 Å². The molecule has 0 aliphatic heterocycles. The maximum Gasteiger partial charge on any atom is 0.0992 e. The van der Waals surface area contributed by atoms with Crippen LogP contribution in [0, 0.1) is 18.3 Å². The molecule has 71 valence electrons. The molecule has 3 heteroatoms. The first-order valence-corrected chi connectivity index (χ1v) is 3.90. The summed E-state index contributed by atoms with van der Waals surface area (Å²) >= 11 is 0. The minimum atomic E-state index is 0. The molecule has 0 heterocycles. The van der Waals surface area contributed by atoms with Gasteiger partial charge in [-0.3, -0.25) is 0 Å². The van der Waals surface area contributed by atoms with Crippen molar-refractivity contribution in [2.75, 3.05) is 11.9 Å². The van der Waals surface area contributed by atoms with Crippen LogP contribution < -0.4 is 5.32 Å². The number of anilines is 1. The van der Waals surface area contributed by atoms with Crippen molar-refractivity contribution in [3.05, 3.63) is 36.8 Å². The third-order valence-electron chi connectivity index (χ3n) is 1.50. The van der Waals surface area contributed by atoms with Crippen molar-refractivity contribution in [1.82, 2.24) is 0 Å². The molecule has 0 bridgehead atoms. The average Bonchev–Trinajstić information content (AvgIpc) is 2.15. The molecule has 1 N–H and O–H groups in total. The second-order valence-electron chi connectivity index (χ2n) is 2.47. The molecule has 0 saturated heterocycles. The third kappa shape index (κ3) is 3.97. The summed E-state index contributed by atoms with van der Waals surface area (Å²) in [6.07, 6.45) is 0.844. The maximum absolute atomic E-state index is 8.60. The van der Waals surface area contributed by atoms with E-state index < -0.39 is 0 Å². The summed E-state index contributed by atoms with van der Waals surface area (Å²) in [5, 5.41) is 11.8. The van der Waals surface area contributed by atoms with E-state index in [-0.39, 0.29) is 16.8 Å². The van der Waals surface area contributed by atoms with Gasteiger partial charge in [-0.15, -0.1) is 0 Å². The molecule has 1 rings (SSSR count). The molecule has 0 fully saturated rings. The number of nitrogens with zero attached hydrogens (tertiary/aromatic N) is 1. The van der Waals surface area contributed by atoms with Crippen LogP contribution in [0.25, 0.3) is 0 Å². The van der Waals surface area contributed by atoms with Crippen molar-refractivity contribution in [2.45, 2.75) is 6.42 Å². The summed E-state index contributed by atoms with van der Waals surface area (Å²) in [4.78, 5) is 0. The Morgan fingerprint density at radius 1 is 1.46 bits per heavy atom. The summed E-state index contributed by atoms with van der Waals surface area (Å²) in [5.74, 6) is 0. The Balaban J connectivity index is 0.00000144. The first-order chi connectivity index (χ1) is 5.86. The Morgan fingerprint density at radius 2 is 2.23 bits per heavy atom. The molecule has 0 aliphatic rings. The smallest absolute Gasteiger partial charge is 0.0992 e. The van der Waals surface area contributed by atoms with Crippen molar-refractivity contribution in [3.63, 3.8) is 0 Å². The quantitative estimate of drug-likeness (QED) is 0.789. The number of hydrogen-bond donors (Lipinski definition) is 1. The molecule has 1 aromatic rings. The summed E-state index contributed by atoms with van der Waals surface area (Å²) < 4.78 is 0. The van der Waals surface area contributed by atoms with E-state index in [1.807, 2.05) is 18.2 Å². The van der Waals surface area contributed by atoms with Gasteiger partial charge in [0, 0.05) is 22.5 Å². The van der Waals surface area contributed by atoms with Gasteiger partial charge in [0.25, 0.3) is 0 Å². The van der Waals surface area contributed by atoms with Gasteiger partial charge in [-0.25, -0.2) is 0 Å².